The van der Waals surface area contributed by atoms with Crippen LogP contribution >= 0.6 is 0 Å². The third-order valence-corrected chi connectivity index (χ3v) is 4.58. The average molecular weight is 253 g/mol. The Bertz CT molecular complexity index is 173. The van der Waals surface area contributed by atoms with Crippen molar-refractivity contribution in [2.45, 2.75) is 76.7 Å². The summed E-state index contributed by atoms with van der Waals surface area (Å²) in [5.41, 5.74) is 0. The summed E-state index contributed by atoms with van der Waals surface area (Å²) in [6, 6.07) is 0.803. The molecule has 0 aromatic heterocycles. The van der Waals surface area contributed by atoms with Gasteiger partial charge in [-0.1, -0.05) is 38.5 Å². The summed E-state index contributed by atoms with van der Waals surface area (Å²) in [5.74, 6) is 0.866. The lowest BCUT2D eigenvalue weighted by atomic mass is 9.90. The molecule has 0 atom stereocenters. The molecule has 0 aliphatic heterocycles. The first-order valence-corrected chi connectivity index (χ1v) is 8.26. The number of ether oxygens (including phenoxy) is 1. The molecular weight excluding hydrogens is 222 g/mol. The van der Waals surface area contributed by atoms with E-state index >= 15 is 0 Å². The van der Waals surface area contributed by atoms with E-state index in [1.807, 2.05) is 0 Å². The minimum Gasteiger partial charge on any atom is -0.381 e. The molecule has 0 amide bonds. The minimum atomic E-state index is 0.803. The highest BCUT2D eigenvalue weighted by Gasteiger charge is 2.13. The minimum absolute atomic E-state index is 0.803. The Balaban J connectivity index is 1.39. The second kappa shape index (κ2) is 8.92. The highest BCUT2D eigenvalue weighted by atomic mass is 16.5. The number of rotatable bonds is 7. The Morgan fingerprint density at radius 1 is 0.833 bits per heavy atom. The van der Waals surface area contributed by atoms with Gasteiger partial charge in [-0.2, -0.15) is 0 Å². The van der Waals surface area contributed by atoms with Crippen molar-refractivity contribution >= 4 is 0 Å². The van der Waals surface area contributed by atoms with E-state index in [2.05, 4.69) is 5.32 Å². The normalized spacial score (nSPS) is 23.3. The number of hydrogen-bond donors (Lipinski definition) is 1. The van der Waals surface area contributed by atoms with Crippen LogP contribution < -0.4 is 5.32 Å². The summed E-state index contributed by atoms with van der Waals surface area (Å²) in [6.45, 7) is 3.12. The summed E-state index contributed by atoms with van der Waals surface area (Å²) in [5, 5.41) is 3.68. The Morgan fingerprint density at radius 2 is 1.50 bits per heavy atom. The van der Waals surface area contributed by atoms with Gasteiger partial charge in [-0.05, 0) is 44.6 Å². The van der Waals surface area contributed by atoms with Crippen LogP contribution in [0.25, 0.3) is 0 Å². The Hall–Kier alpha value is -0.0800. The lowest BCUT2D eigenvalue weighted by molar-refractivity contribution is 0.0831. The maximum atomic E-state index is 5.82. The van der Waals surface area contributed by atoms with E-state index in [0.717, 1.165) is 31.7 Å². The fraction of sp³-hybridized carbons (Fsp3) is 1.00. The van der Waals surface area contributed by atoms with Crippen molar-refractivity contribution in [3.63, 3.8) is 0 Å². The Kier molecular flexibility index (Phi) is 7.11. The first-order chi connectivity index (χ1) is 8.95. The van der Waals surface area contributed by atoms with Crippen molar-refractivity contribution in [1.82, 2.24) is 5.32 Å². The van der Waals surface area contributed by atoms with Crippen molar-refractivity contribution in [2.75, 3.05) is 19.8 Å². The van der Waals surface area contributed by atoms with Crippen molar-refractivity contribution < 1.29 is 4.74 Å². The third kappa shape index (κ3) is 5.71. The lowest BCUT2D eigenvalue weighted by Crippen LogP contribution is -2.32. The van der Waals surface area contributed by atoms with E-state index in [0.29, 0.717) is 0 Å². The molecule has 2 fully saturated rings. The molecule has 0 heterocycles. The Labute approximate surface area is 113 Å². The fourth-order valence-electron chi connectivity index (χ4n) is 3.39. The summed E-state index contributed by atoms with van der Waals surface area (Å²) in [7, 11) is 0. The van der Waals surface area contributed by atoms with Crippen molar-refractivity contribution in [3.05, 3.63) is 0 Å². The van der Waals surface area contributed by atoms with Gasteiger partial charge in [0.25, 0.3) is 0 Å². The summed E-state index contributed by atoms with van der Waals surface area (Å²) in [4.78, 5) is 0. The molecule has 2 nitrogen and oxygen atoms in total. The van der Waals surface area contributed by atoms with Crippen LogP contribution in [0.15, 0.2) is 0 Å². The molecule has 2 saturated carbocycles. The van der Waals surface area contributed by atoms with Gasteiger partial charge in [-0.15, -0.1) is 0 Å². The van der Waals surface area contributed by atoms with Crippen LogP contribution in [-0.4, -0.2) is 25.8 Å². The predicted molar refractivity (Wildman–Crippen MR) is 76.9 cm³/mol. The highest BCUT2D eigenvalue weighted by molar-refractivity contribution is 4.71. The molecule has 2 rings (SSSR count). The van der Waals surface area contributed by atoms with Gasteiger partial charge in [0.15, 0.2) is 0 Å². The Morgan fingerprint density at radius 3 is 2.22 bits per heavy atom. The van der Waals surface area contributed by atoms with Gasteiger partial charge in [-0.25, -0.2) is 0 Å². The lowest BCUT2D eigenvalue weighted by Gasteiger charge is -2.23. The van der Waals surface area contributed by atoms with Crippen molar-refractivity contribution in [1.29, 1.82) is 0 Å². The van der Waals surface area contributed by atoms with Crippen LogP contribution in [0.3, 0.4) is 0 Å². The smallest absolute Gasteiger partial charge is 0.0494 e. The van der Waals surface area contributed by atoms with E-state index in [-0.39, 0.29) is 0 Å². The molecule has 0 aromatic carbocycles. The SMILES string of the molecule is C1CCC(COCCCNC2CCCCC2)CC1. The molecular formula is C16H31NO. The molecule has 0 bridgehead atoms. The van der Waals surface area contributed by atoms with E-state index in [1.165, 1.54) is 70.6 Å². The second-order valence-corrected chi connectivity index (χ2v) is 6.22. The zero-order chi connectivity index (χ0) is 12.5. The standard InChI is InChI=1S/C16H31NO/c1-3-8-15(9-4-1)14-18-13-7-12-17-16-10-5-2-6-11-16/h15-17H,1-14H2. The zero-order valence-electron chi connectivity index (χ0n) is 12.0. The molecule has 0 spiro atoms. The second-order valence-electron chi connectivity index (χ2n) is 6.22. The van der Waals surface area contributed by atoms with E-state index in [9.17, 15) is 0 Å². The third-order valence-electron chi connectivity index (χ3n) is 4.58. The van der Waals surface area contributed by atoms with E-state index in [4.69, 9.17) is 4.74 Å². The van der Waals surface area contributed by atoms with Gasteiger partial charge in [-0.3, -0.25) is 0 Å². The first kappa shape index (κ1) is 14.3. The molecule has 0 radical (unpaired) electrons. The fourth-order valence-corrected chi connectivity index (χ4v) is 3.39. The predicted octanol–water partition coefficient (Wildman–Crippen LogP) is 3.90. The van der Waals surface area contributed by atoms with Gasteiger partial charge in [0.05, 0.1) is 0 Å². The maximum Gasteiger partial charge on any atom is 0.0494 e. The molecule has 1 N–H and O–H groups in total. The maximum absolute atomic E-state index is 5.82. The summed E-state index contributed by atoms with van der Waals surface area (Å²) in [6.07, 6.45) is 15.4. The van der Waals surface area contributed by atoms with Gasteiger partial charge >= 0.3 is 0 Å². The van der Waals surface area contributed by atoms with Crippen LogP contribution in [0.2, 0.25) is 0 Å². The quantitative estimate of drug-likeness (QED) is 0.695. The van der Waals surface area contributed by atoms with Crippen molar-refractivity contribution in [3.8, 4) is 0 Å². The van der Waals surface area contributed by atoms with E-state index < -0.39 is 0 Å². The molecule has 106 valence electrons. The number of hydrogen-bond acceptors (Lipinski definition) is 2. The molecule has 2 aliphatic carbocycles. The van der Waals surface area contributed by atoms with Gasteiger partial charge in [0.1, 0.15) is 0 Å². The first-order valence-electron chi connectivity index (χ1n) is 8.26. The summed E-state index contributed by atoms with van der Waals surface area (Å²) < 4.78 is 5.82. The zero-order valence-corrected chi connectivity index (χ0v) is 12.0. The molecule has 18 heavy (non-hydrogen) atoms. The van der Waals surface area contributed by atoms with Crippen LogP contribution in [0.1, 0.15) is 70.6 Å². The topological polar surface area (TPSA) is 21.3 Å². The molecule has 0 unspecified atom stereocenters. The molecule has 0 aromatic rings. The van der Waals surface area contributed by atoms with Gasteiger partial charge < -0.3 is 10.1 Å². The van der Waals surface area contributed by atoms with Crippen LogP contribution in [0.4, 0.5) is 0 Å². The highest BCUT2D eigenvalue weighted by Crippen LogP contribution is 2.23. The molecule has 2 aliphatic rings. The van der Waals surface area contributed by atoms with Gasteiger partial charge in [0.2, 0.25) is 0 Å². The molecule has 0 saturated heterocycles. The van der Waals surface area contributed by atoms with Gasteiger partial charge in [0, 0.05) is 19.3 Å². The van der Waals surface area contributed by atoms with Crippen LogP contribution in [0, 0.1) is 5.92 Å². The largest absolute Gasteiger partial charge is 0.381 e. The summed E-state index contributed by atoms with van der Waals surface area (Å²) >= 11 is 0. The van der Waals surface area contributed by atoms with E-state index in [1.54, 1.807) is 0 Å². The van der Waals surface area contributed by atoms with Crippen molar-refractivity contribution in [2.24, 2.45) is 5.92 Å². The monoisotopic (exact) mass is 253 g/mol. The average Bonchev–Trinajstić information content (AvgIpc) is 2.45. The number of nitrogens with one attached hydrogen (secondary N) is 1. The van der Waals surface area contributed by atoms with Crippen LogP contribution in [-0.2, 0) is 4.74 Å². The van der Waals surface area contributed by atoms with Crippen LogP contribution in [0.5, 0.6) is 0 Å². The molecule has 2 heteroatoms.